The molecule has 0 fully saturated rings. The molecule has 2 aromatic heterocycles. The second kappa shape index (κ2) is 11.2. The standard InChI is InChI=1S/C45H27N3S/c1-3-14-29(15-4-1)43-46-44(30-16-5-2-6-17-30)48-45(47-43)41-35-21-11-9-19-33(35)40(34-20-10-12-22-36(34)41)31-24-26-39-38(27-31)37-25-23-28-13-7-8-18-32(28)42(37)49-39/h1-27H. The SMILES string of the molecule is c1ccc(-c2nc(-c3ccccc3)nc(-c3c4ccccc4c(-c4ccc5sc6c7ccccc7ccc6c5c4)c4ccccc34)n2)cc1. The highest BCUT2D eigenvalue weighted by Crippen LogP contribution is 2.45. The fraction of sp³-hybridized carbons (Fsp3) is 0. The molecule has 3 nitrogen and oxygen atoms in total. The Bertz CT molecular complexity index is 2760. The topological polar surface area (TPSA) is 38.7 Å². The monoisotopic (exact) mass is 641 g/mol. The quantitative estimate of drug-likeness (QED) is 0.180. The second-order valence-corrected chi connectivity index (χ2v) is 13.4. The molecule has 0 saturated heterocycles. The Labute approximate surface area is 286 Å². The Morgan fingerprint density at radius 3 is 1.45 bits per heavy atom. The number of hydrogen-bond donors (Lipinski definition) is 0. The molecule has 228 valence electrons. The van der Waals surface area contributed by atoms with E-state index in [0.29, 0.717) is 17.5 Å². The lowest BCUT2D eigenvalue weighted by Crippen LogP contribution is -2.01. The molecule has 10 aromatic rings. The van der Waals surface area contributed by atoms with Crippen molar-refractivity contribution < 1.29 is 0 Å². The van der Waals surface area contributed by atoms with E-state index < -0.39 is 0 Å². The minimum Gasteiger partial charge on any atom is -0.208 e. The van der Waals surface area contributed by atoms with E-state index in [0.717, 1.165) is 27.5 Å². The minimum absolute atomic E-state index is 0.656. The third-order valence-corrected chi connectivity index (χ3v) is 10.7. The van der Waals surface area contributed by atoms with Crippen molar-refractivity contribution in [3.05, 3.63) is 164 Å². The van der Waals surface area contributed by atoms with Crippen molar-refractivity contribution in [3.63, 3.8) is 0 Å². The van der Waals surface area contributed by atoms with Gasteiger partial charge in [-0.15, -0.1) is 11.3 Å². The summed E-state index contributed by atoms with van der Waals surface area (Å²) in [6.45, 7) is 0. The maximum absolute atomic E-state index is 5.17. The lowest BCUT2D eigenvalue weighted by molar-refractivity contribution is 1.08. The van der Waals surface area contributed by atoms with E-state index in [-0.39, 0.29) is 0 Å². The predicted octanol–water partition coefficient (Wildman–Crippen LogP) is 12.4. The number of benzene rings is 8. The van der Waals surface area contributed by atoms with Gasteiger partial charge in [0.25, 0.3) is 0 Å². The zero-order chi connectivity index (χ0) is 32.3. The van der Waals surface area contributed by atoms with Crippen molar-refractivity contribution in [1.82, 2.24) is 15.0 Å². The van der Waals surface area contributed by atoms with Crippen molar-refractivity contribution >= 4 is 63.8 Å². The molecule has 10 rings (SSSR count). The predicted molar refractivity (Wildman–Crippen MR) is 207 cm³/mol. The summed E-state index contributed by atoms with van der Waals surface area (Å²) in [4.78, 5) is 15.3. The maximum atomic E-state index is 5.17. The normalized spacial score (nSPS) is 11.7. The summed E-state index contributed by atoms with van der Waals surface area (Å²) in [5.74, 6) is 1.98. The Kier molecular flexibility index (Phi) is 6.36. The summed E-state index contributed by atoms with van der Waals surface area (Å²) in [5.41, 5.74) is 5.35. The smallest absolute Gasteiger partial charge is 0.165 e. The summed E-state index contributed by atoms with van der Waals surface area (Å²) < 4.78 is 2.64. The third-order valence-electron chi connectivity index (χ3n) is 9.50. The average Bonchev–Trinajstić information content (AvgIpc) is 3.56. The van der Waals surface area contributed by atoms with Crippen molar-refractivity contribution in [2.45, 2.75) is 0 Å². The Morgan fingerprint density at radius 1 is 0.327 bits per heavy atom. The van der Waals surface area contributed by atoms with Gasteiger partial charge in [-0.1, -0.05) is 152 Å². The van der Waals surface area contributed by atoms with Gasteiger partial charge in [0.05, 0.1) is 0 Å². The van der Waals surface area contributed by atoms with Crippen LogP contribution in [0.25, 0.3) is 97.8 Å². The van der Waals surface area contributed by atoms with Gasteiger partial charge in [0, 0.05) is 36.9 Å². The molecule has 0 atom stereocenters. The van der Waals surface area contributed by atoms with Crippen LogP contribution in [0.1, 0.15) is 0 Å². The highest BCUT2D eigenvalue weighted by Gasteiger charge is 2.21. The lowest BCUT2D eigenvalue weighted by atomic mass is 9.87. The van der Waals surface area contributed by atoms with Gasteiger partial charge in [-0.3, -0.25) is 0 Å². The Balaban J connectivity index is 1.26. The molecule has 0 saturated carbocycles. The highest BCUT2D eigenvalue weighted by molar-refractivity contribution is 7.26. The zero-order valence-electron chi connectivity index (χ0n) is 26.3. The van der Waals surface area contributed by atoms with Crippen LogP contribution in [0.2, 0.25) is 0 Å². The van der Waals surface area contributed by atoms with Gasteiger partial charge >= 0.3 is 0 Å². The van der Waals surface area contributed by atoms with Crippen LogP contribution in [-0.2, 0) is 0 Å². The Morgan fingerprint density at radius 2 is 0.837 bits per heavy atom. The van der Waals surface area contributed by atoms with Crippen LogP contribution >= 0.6 is 11.3 Å². The lowest BCUT2D eigenvalue weighted by Gasteiger charge is -2.17. The summed E-state index contributed by atoms with van der Waals surface area (Å²) in [6.07, 6.45) is 0. The van der Waals surface area contributed by atoms with Crippen LogP contribution in [-0.4, -0.2) is 15.0 Å². The molecular formula is C45H27N3S. The molecule has 0 radical (unpaired) electrons. The van der Waals surface area contributed by atoms with E-state index >= 15 is 0 Å². The molecule has 0 bridgehead atoms. The summed E-state index contributed by atoms with van der Waals surface area (Å²) in [6, 6.07) is 57.9. The second-order valence-electron chi connectivity index (χ2n) is 12.4. The van der Waals surface area contributed by atoms with Gasteiger partial charge < -0.3 is 0 Å². The Hall–Kier alpha value is -6.23. The molecule has 0 unspecified atom stereocenters. The number of nitrogens with zero attached hydrogens (tertiary/aromatic N) is 3. The first-order valence-electron chi connectivity index (χ1n) is 16.5. The third kappa shape index (κ3) is 4.53. The molecule has 49 heavy (non-hydrogen) atoms. The summed E-state index contributed by atoms with van der Waals surface area (Å²) in [7, 11) is 0. The van der Waals surface area contributed by atoms with Crippen LogP contribution < -0.4 is 0 Å². The number of aromatic nitrogens is 3. The number of hydrogen-bond acceptors (Lipinski definition) is 4. The van der Waals surface area contributed by atoms with Gasteiger partial charge in [0.15, 0.2) is 17.5 Å². The van der Waals surface area contributed by atoms with E-state index in [1.54, 1.807) is 0 Å². The van der Waals surface area contributed by atoms with Crippen LogP contribution in [0.15, 0.2) is 164 Å². The molecule has 8 aromatic carbocycles. The van der Waals surface area contributed by atoms with Gasteiger partial charge in [-0.25, -0.2) is 15.0 Å². The van der Waals surface area contributed by atoms with Crippen molar-refractivity contribution in [2.24, 2.45) is 0 Å². The fourth-order valence-corrected chi connectivity index (χ4v) is 8.48. The molecule has 0 N–H and O–H groups in total. The molecule has 0 spiro atoms. The molecule has 4 heteroatoms. The first kappa shape index (κ1) is 27.8. The molecular weight excluding hydrogens is 615 g/mol. The van der Waals surface area contributed by atoms with Crippen LogP contribution in [0.3, 0.4) is 0 Å². The number of thiophene rings is 1. The largest absolute Gasteiger partial charge is 0.208 e. The first-order chi connectivity index (χ1) is 24.3. The van der Waals surface area contributed by atoms with Gasteiger partial charge in [-0.2, -0.15) is 0 Å². The zero-order valence-corrected chi connectivity index (χ0v) is 27.2. The number of rotatable bonds is 4. The molecule has 0 amide bonds. The fourth-order valence-electron chi connectivity index (χ4n) is 7.26. The van der Waals surface area contributed by atoms with Crippen LogP contribution in [0.5, 0.6) is 0 Å². The van der Waals surface area contributed by atoms with Crippen molar-refractivity contribution in [1.29, 1.82) is 0 Å². The summed E-state index contributed by atoms with van der Waals surface area (Å²) in [5, 5.41) is 9.75. The van der Waals surface area contributed by atoms with Crippen molar-refractivity contribution in [2.75, 3.05) is 0 Å². The van der Waals surface area contributed by atoms with E-state index in [4.69, 9.17) is 15.0 Å². The van der Waals surface area contributed by atoms with Crippen molar-refractivity contribution in [3.8, 4) is 45.3 Å². The van der Waals surface area contributed by atoms with Gasteiger partial charge in [0.2, 0.25) is 0 Å². The van der Waals surface area contributed by atoms with E-state index in [1.165, 1.54) is 52.8 Å². The minimum atomic E-state index is 0.656. The maximum Gasteiger partial charge on any atom is 0.165 e. The van der Waals surface area contributed by atoms with E-state index in [2.05, 4.69) is 127 Å². The van der Waals surface area contributed by atoms with E-state index in [1.807, 2.05) is 47.7 Å². The van der Waals surface area contributed by atoms with E-state index in [9.17, 15) is 0 Å². The van der Waals surface area contributed by atoms with Gasteiger partial charge in [0.1, 0.15) is 0 Å². The van der Waals surface area contributed by atoms with Crippen LogP contribution in [0, 0.1) is 0 Å². The molecule has 0 aliphatic rings. The molecule has 2 heterocycles. The van der Waals surface area contributed by atoms with Crippen LogP contribution in [0.4, 0.5) is 0 Å². The molecule has 0 aliphatic carbocycles. The first-order valence-corrected chi connectivity index (χ1v) is 17.3. The molecule has 0 aliphatic heterocycles. The highest BCUT2D eigenvalue weighted by atomic mass is 32.1. The average molecular weight is 642 g/mol. The number of fused-ring (bicyclic) bond motifs is 7. The van der Waals surface area contributed by atoms with Gasteiger partial charge in [-0.05, 0) is 55.6 Å². The summed E-state index contributed by atoms with van der Waals surface area (Å²) >= 11 is 1.88.